The fourth-order valence-electron chi connectivity index (χ4n) is 2.11. The fraction of sp³-hybridized carbons (Fsp3) is 0.545. The van der Waals surface area contributed by atoms with E-state index in [4.69, 9.17) is 0 Å². The third-order valence-corrected chi connectivity index (χ3v) is 3.70. The van der Waals surface area contributed by atoms with Crippen molar-refractivity contribution >= 4 is 23.1 Å². The molecule has 2 rings (SSSR count). The Morgan fingerprint density at radius 1 is 1.50 bits per heavy atom. The molecule has 1 saturated carbocycles. The van der Waals surface area contributed by atoms with Crippen LogP contribution in [0, 0.1) is 0 Å². The number of thiophene rings is 1. The van der Waals surface area contributed by atoms with Crippen molar-refractivity contribution in [1.82, 2.24) is 5.32 Å². The van der Waals surface area contributed by atoms with Gasteiger partial charge < -0.3 is 15.7 Å². The molecule has 1 fully saturated rings. The molecule has 1 aliphatic carbocycles. The molecule has 0 spiro atoms. The Balaban J connectivity index is 1.91. The van der Waals surface area contributed by atoms with Gasteiger partial charge in [0.05, 0.1) is 17.8 Å². The minimum atomic E-state index is -0.403. The van der Waals surface area contributed by atoms with Gasteiger partial charge in [0, 0.05) is 5.38 Å². The zero-order chi connectivity index (χ0) is 11.4. The smallest absolute Gasteiger partial charge is 0.319 e. The van der Waals surface area contributed by atoms with Gasteiger partial charge in [0.2, 0.25) is 0 Å². The maximum atomic E-state index is 11.7. The van der Waals surface area contributed by atoms with Crippen LogP contribution in [-0.2, 0) is 0 Å². The van der Waals surface area contributed by atoms with Gasteiger partial charge in [-0.3, -0.25) is 0 Å². The molecule has 0 saturated heterocycles. The minimum absolute atomic E-state index is 0.0179. The van der Waals surface area contributed by atoms with E-state index >= 15 is 0 Å². The van der Waals surface area contributed by atoms with Crippen molar-refractivity contribution in [2.45, 2.75) is 31.2 Å². The molecule has 0 atom stereocenters. The molecule has 4 nitrogen and oxygen atoms in total. The Morgan fingerprint density at radius 3 is 2.81 bits per heavy atom. The molecule has 0 aliphatic heterocycles. The minimum Gasteiger partial charge on any atom is -0.394 e. The van der Waals surface area contributed by atoms with Gasteiger partial charge in [0.25, 0.3) is 0 Å². The molecule has 0 bridgehead atoms. The Hall–Kier alpha value is -1.07. The van der Waals surface area contributed by atoms with E-state index in [0.29, 0.717) is 0 Å². The van der Waals surface area contributed by atoms with Crippen LogP contribution in [0.25, 0.3) is 0 Å². The number of urea groups is 1. The summed E-state index contributed by atoms with van der Waals surface area (Å²) in [5.74, 6) is 0. The van der Waals surface area contributed by atoms with Crippen molar-refractivity contribution < 1.29 is 9.90 Å². The number of hydrogen-bond acceptors (Lipinski definition) is 3. The van der Waals surface area contributed by atoms with Crippen LogP contribution in [0.5, 0.6) is 0 Å². The van der Waals surface area contributed by atoms with Crippen LogP contribution in [-0.4, -0.2) is 23.3 Å². The molecule has 1 aromatic heterocycles. The molecular formula is C11H16N2O2S. The second-order valence-electron chi connectivity index (χ2n) is 4.24. The summed E-state index contributed by atoms with van der Waals surface area (Å²) >= 11 is 1.54. The summed E-state index contributed by atoms with van der Waals surface area (Å²) in [6.45, 7) is 0.0179. The lowest BCUT2D eigenvalue weighted by atomic mass is 9.99. The molecule has 5 heteroatoms. The number of carbonyl (C=O) groups excluding carboxylic acids is 1. The Kier molecular flexibility index (Phi) is 3.46. The van der Waals surface area contributed by atoms with Gasteiger partial charge in [-0.15, -0.1) is 0 Å². The molecule has 1 aliphatic rings. The molecule has 0 radical (unpaired) electrons. The van der Waals surface area contributed by atoms with Gasteiger partial charge in [-0.2, -0.15) is 11.3 Å². The third-order valence-electron chi connectivity index (χ3n) is 3.02. The van der Waals surface area contributed by atoms with E-state index in [9.17, 15) is 9.90 Å². The van der Waals surface area contributed by atoms with Gasteiger partial charge in [-0.1, -0.05) is 12.8 Å². The number of aliphatic hydroxyl groups excluding tert-OH is 1. The number of carbonyl (C=O) groups is 1. The lowest BCUT2D eigenvalue weighted by Gasteiger charge is -2.27. The van der Waals surface area contributed by atoms with Crippen molar-refractivity contribution in [2.24, 2.45) is 0 Å². The first-order valence-corrected chi connectivity index (χ1v) is 6.41. The van der Waals surface area contributed by atoms with Crippen LogP contribution in [0.15, 0.2) is 16.8 Å². The van der Waals surface area contributed by atoms with E-state index in [1.54, 1.807) is 0 Å². The van der Waals surface area contributed by atoms with E-state index in [0.717, 1.165) is 31.4 Å². The van der Waals surface area contributed by atoms with Crippen LogP contribution in [0.1, 0.15) is 25.7 Å². The maximum Gasteiger partial charge on any atom is 0.319 e. The predicted molar refractivity (Wildman–Crippen MR) is 64.8 cm³/mol. The van der Waals surface area contributed by atoms with E-state index in [1.807, 2.05) is 16.8 Å². The predicted octanol–water partition coefficient (Wildman–Crippen LogP) is 2.17. The molecule has 0 aromatic carbocycles. The lowest BCUT2D eigenvalue weighted by molar-refractivity contribution is 0.167. The first-order valence-electron chi connectivity index (χ1n) is 5.46. The Morgan fingerprint density at radius 2 is 2.25 bits per heavy atom. The summed E-state index contributed by atoms with van der Waals surface area (Å²) < 4.78 is 0. The van der Waals surface area contributed by atoms with Crippen LogP contribution >= 0.6 is 11.3 Å². The molecule has 3 N–H and O–H groups in total. The molecule has 1 aromatic rings. The number of amides is 2. The van der Waals surface area contributed by atoms with E-state index in [2.05, 4.69) is 10.6 Å². The highest BCUT2D eigenvalue weighted by molar-refractivity contribution is 7.08. The van der Waals surface area contributed by atoms with Crippen LogP contribution in [0.4, 0.5) is 10.5 Å². The monoisotopic (exact) mass is 240 g/mol. The summed E-state index contributed by atoms with van der Waals surface area (Å²) in [5, 5.41) is 18.8. The summed E-state index contributed by atoms with van der Waals surface area (Å²) in [5.41, 5.74) is 0.397. The van der Waals surface area contributed by atoms with Gasteiger partial charge in [0.1, 0.15) is 0 Å². The van der Waals surface area contributed by atoms with Gasteiger partial charge in [-0.05, 0) is 24.3 Å². The molecule has 16 heavy (non-hydrogen) atoms. The van der Waals surface area contributed by atoms with E-state index < -0.39 is 5.54 Å². The van der Waals surface area contributed by atoms with Crippen molar-refractivity contribution in [1.29, 1.82) is 0 Å². The highest BCUT2D eigenvalue weighted by atomic mass is 32.1. The zero-order valence-corrected chi connectivity index (χ0v) is 9.85. The number of nitrogens with one attached hydrogen (secondary N) is 2. The Bertz CT molecular complexity index is 345. The molecular weight excluding hydrogens is 224 g/mol. The van der Waals surface area contributed by atoms with Gasteiger partial charge in [-0.25, -0.2) is 4.79 Å². The van der Waals surface area contributed by atoms with Crippen LogP contribution in [0.2, 0.25) is 0 Å². The van der Waals surface area contributed by atoms with Crippen molar-refractivity contribution in [3.05, 3.63) is 16.8 Å². The van der Waals surface area contributed by atoms with Gasteiger partial charge in [0.15, 0.2) is 0 Å². The van der Waals surface area contributed by atoms with E-state index in [1.165, 1.54) is 11.3 Å². The molecule has 1 heterocycles. The second-order valence-corrected chi connectivity index (χ2v) is 5.02. The largest absolute Gasteiger partial charge is 0.394 e. The molecule has 88 valence electrons. The Labute approximate surface area is 98.7 Å². The maximum absolute atomic E-state index is 11.7. The highest BCUT2D eigenvalue weighted by Crippen LogP contribution is 2.29. The zero-order valence-electron chi connectivity index (χ0n) is 9.03. The second kappa shape index (κ2) is 4.84. The van der Waals surface area contributed by atoms with E-state index in [-0.39, 0.29) is 12.6 Å². The average molecular weight is 240 g/mol. The SMILES string of the molecule is O=C(Nc1ccsc1)NC1(CO)CCCC1. The number of anilines is 1. The molecule has 2 amide bonds. The summed E-state index contributed by atoms with van der Waals surface area (Å²) in [7, 11) is 0. The fourth-order valence-corrected chi connectivity index (χ4v) is 2.70. The van der Waals surface area contributed by atoms with Gasteiger partial charge >= 0.3 is 6.03 Å². The first kappa shape index (κ1) is 11.4. The number of rotatable bonds is 3. The van der Waals surface area contributed by atoms with Crippen molar-refractivity contribution in [2.75, 3.05) is 11.9 Å². The summed E-state index contributed by atoms with van der Waals surface area (Å²) in [4.78, 5) is 11.7. The topological polar surface area (TPSA) is 61.4 Å². The summed E-state index contributed by atoms with van der Waals surface area (Å²) in [6.07, 6.45) is 3.86. The van der Waals surface area contributed by atoms with Crippen LogP contribution in [0.3, 0.4) is 0 Å². The highest BCUT2D eigenvalue weighted by Gasteiger charge is 2.34. The normalized spacial score (nSPS) is 18.3. The lowest BCUT2D eigenvalue weighted by Crippen LogP contribution is -2.50. The molecule has 0 unspecified atom stereocenters. The van der Waals surface area contributed by atoms with Crippen molar-refractivity contribution in [3.8, 4) is 0 Å². The number of hydrogen-bond donors (Lipinski definition) is 3. The average Bonchev–Trinajstić information content (AvgIpc) is 2.90. The standard InChI is InChI=1S/C11H16N2O2S/c14-8-11(4-1-2-5-11)13-10(15)12-9-3-6-16-7-9/h3,6-7,14H,1-2,4-5,8H2,(H2,12,13,15). The van der Waals surface area contributed by atoms with Crippen LogP contribution < -0.4 is 10.6 Å². The summed E-state index contributed by atoms with van der Waals surface area (Å²) in [6, 6.07) is 1.62. The van der Waals surface area contributed by atoms with Crippen molar-refractivity contribution in [3.63, 3.8) is 0 Å². The third kappa shape index (κ3) is 2.54. The first-order chi connectivity index (χ1) is 7.74. The number of aliphatic hydroxyl groups is 1. The quantitative estimate of drug-likeness (QED) is 0.758.